The van der Waals surface area contributed by atoms with Crippen molar-refractivity contribution in [3.8, 4) is 0 Å². The number of hydrogen-bond acceptors (Lipinski definition) is 4. The van der Waals surface area contributed by atoms with E-state index in [9.17, 15) is 4.79 Å². The van der Waals surface area contributed by atoms with Crippen LogP contribution in [0.25, 0.3) is 0 Å². The van der Waals surface area contributed by atoms with Gasteiger partial charge in [0.2, 0.25) is 0 Å². The molecule has 0 radical (unpaired) electrons. The van der Waals surface area contributed by atoms with Crippen molar-refractivity contribution in [1.82, 2.24) is 4.98 Å². The van der Waals surface area contributed by atoms with E-state index in [2.05, 4.69) is 4.98 Å². The molecule has 0 aromatic carbocycles. The maximum absolute atomic E-state index is 12.1. The van der Waals surface area contributed by atoms with E-state index in [4.69, 9.17) is 10.5 Å². The Bertz CT molecular complexity index is 501. The molecule has 2 N–H and O–H groups in total. The molecule has 0 aliphatic heterocycles. The SMILES string of the molecule is Cc1ncc(N)cc1C(=O)OCC1CC2CCC1C2. The number of nitrogens with two attached hydrogens (primary N) is 1. The zero-order valence-electron chi connectivity index (χ0n) is 11.3. The summed E-state index contributed by atoms with van der Waals surface area (Å²) in [4.78, 5) is 16.2. The Morgan fingerprint density at radius 2 is 2.32 bits per heavy atom. The van der Waals surface area contributed by atoms with Gasteiger partial charge in [-0.15, -0.1) is 0 Å². The molecule has 19 heavy (non-hydrogen) atoms. The fourth-order valence-corrected chi connectivity index (χ4v) is 3.60. The minimum atomic E-state index is -0.292. The highest BCUT2D eigenvalue weighted by atomic mass is 16.5. The second-order valence-electron chi connectivity index (χ2n) is 5.94. The first-order valence-corrected chi connectivity index (χ1v) is 7.02. The smallest absolute Gasteiger partial charge is 0.340 e. The van der Waals surface area contributed by atoms with E-state index >= 15 is 0 Å². The van der Waals surface area contributed by atoms with Crippen molar-refractivity contribution in [2.45, 2.75) is 32.6 Å². The van der Waals surface area contributed by atoms with Crippen LogP contribution < -0.4 is 5.73 Å². The standard InChI is InChI=1S/C15H20N2O2/c1-9-14(6-13(16)7-17-9)15(18)19-8-12-5-10-2-3-11(12)4-10/h6-7,10-12H,2-5,8,16H2,1H3. The Hall–Kier alpha value is -1.58. The number of aryl methyl sites for hydroxylation is 1. The number of hydrogen-bond donors (Lipinski definition) is 1. The van der Waals surface area contributed by atoms with Gasteiger partial charge >= 0.3 is 5.97 Å². The summed E-state index contributed by atoms with van der Waals surface area (Å²) in [5.74, 6) is 1.93. The molecule has 1 aromatic heterocycles. The summed E-state index contributed by atoms with van der Waals surface area (Å²) in [5, 5.41) is 0. The van der Waals surface area contributed by atoms with E-state index in [1.165, 1.54) is 25.7 Å². The molecular weight excluding hydrogens is 240 g/mol. The zero-order valence-corrected chi connectivity index (χ0v) is 11.3. The largest absolute Gasteiger partial charge is 0.462 e. The quantitative estimate of drug-likeness (QED) is 0.848. The Morgan fingerprint density at radius 3 is 3.00 bits per heavy atom. The highest BCUT2D eigenvalue weighted by molar-refractivity contribution is 5.91. The van der Waals surface area contributed by atoms with Crippen LogP contribution in [-0.4, -0.2) is 17.6 Å². The van der Waals surface area contributed by atoms with Crippen molar-refractivity contribution in [3.05, 3.63) is 23.5 Å². The molecule has 2 aliphatic carbocycles. The lowest BCUT2D eigenvalue weighted by molar-refractivity contribution is 0.0393. The summed E-state index contributed by atoms with van der Waals surface area (Å²) in [6.45, 7) is 2.35. The lowest BCUT2D eigenvalue weighted by Crippen LogP contribution is -2.20. The minimum absolute atomic E-state index is 0.292. The molecule has 0 spiro atoms. The number of esters is 1. The summed E-state index contributed by atoms with van der Waals surface area (Å²) in [6, 6.07) is 1.64. The van der Waals surface area contributed by atoms with Crippen LogP contribution in [0.3, 0.4) is 0 Å². The number of rotatable bonds is 3. The molecule has 2 fully saturated rings. The summed E-state index contributed by atoms with van der Waals surface area (Å²) in [6.07, 6.45) is 6.80. The van der Waals surface area contributed by atoms with Crippen LogP contribution in [0.15, 0.2) is 12.3 Å². The Balaban J connectivity index is 1.61. The monoisotopic (exact) mass is 260 g/mol. The molecule has 2 bridgehead atoms. The van der Waals surface area contributed by atoms with Gasteiger partial charge in [-0.3, -0.25) is 4.98 Å². The third-order valence-electron chi connectivity index (χ3n) is 4.64. The lowest BCUT2D eigenvalue weighted by Gasteiger charge is -2.21. The second-order valence-corrected chi connectivity index (χ2v) is 5.94. The van der Waals surface area contributed by atoms with Crippen molar-refractivity contribution in [3.63, 3.8) is 0 Å². The fourth-order valence-electron chi connectivity index (χ4n) is 3.60. The van der Waals surface area contributed by atoms with Crippen molar-refractivity contribution in [1.29, 1.82) is 0 Å². The van der Waals surface area contributed by atoms with Crippen LogP contribution in [0.1, 0.15) is 41.7 Å². The number of carbonyl (C=O) groups excluding carboxylic acids is 1. The molecule has 3 rings (SSSR count). The molecule has 3 atom stereocenters. The normalized spacial score (nSPS) is 28.6. The van der Waals surface area contributed by atoms with Crippen LogP contribution in [0.5, 0.6) is 0 Å². The molecular formula is C15H20N2O2. The van der Waals surface area contributed by atoms with E-state index in [1.54, 1.807) is 19.2 Å². The van der Waals surface area contributed by atoms with Gasteiger partial charge in [0, 0.05) is 0 Å². The fraction of sp³-hybridized carbons (Fsp3) is 0.600. The van der Waals surface area contributed by atoms with Gasteiger partial charge in [0.15, 0.2) is 0 Å². The number of nitrogens with zero attached hydrogens (tertiary/aromatic N) is 1. The maximum atomic E-state index is 12.1. The van der Waals surface area contributed by atoms with Gasteiger partial charge in [-0.1, -0.05) is 6.42 Å². The average molecular weight is 260 g/mol. The minimum Gasteiger partial charge on any atom is -0.462 e. The van der Waals surface area contributed by atoms with Gasteiger partial charge in [0.1, 0.15) is 0 Å². The number of nitrogen functional groups attached to an aromatic ring is 1. The number of ether oxygens (including phenoxy) is 1. The summed E-state index contributed by atoms with van der Waals surface area (Å²) < 4.78 is 5.47. The van der Waals surface area contributed by atoms with Crippen LogP contribution >= 0.6 is 0 Å². The maximum Gasteiger partial charge on any atom is 0.340 e. The second kappa shape index (κ2) is 4.83. The number of aromatic nitrogens is 1. The van der Waals surface area contributed by atoms with Crippen molar-refractivity contribution >= 4 is 11.7 Å². The number of fused-ring (bicyclic) bond motifs is 2. The zero-order chi connectivity index (χ0) is 13.4. The predicted octanol–water partition coefficient (Wildman–Crippen LogP) is 2.57. The molecule has 3 unspecified atom stereocenters. The summed E-state index contributed by atoms with van der Waals surface area (Å²) in [7, 11) is 0. The molecule has 102 valence electrons. The molecule has 4 nitrogen and oxygen atoms in total. The molecule has 0 amide bonds. The Kier molecular flexibility index (Phi) is 3.17. The van der Waals surface area contributed by atoms with E-state index in [0.717, 1.165) is 11.8 Å². The number of pyridine rings is 1. The highest BCUT2D eigenvalue weighted by Crippen LogP contribution is 2.48. The first-order valence-electron chi connectivity index (χ1n) is 7.02. The highest BCUT2D eigenvalue weighted by Gasteiger charge is 2.39. The Labute approximate surface area is 113 Å². The van der Waals surface area contributed by atoms with Gasteiger partial charge < -0.3 is 10.5 Å². The molecule has 0 saturated heterocycles. The van der Waals surface area contributed by atoms with Gasteiger partial charge in [-0.25, -0.2) is 4.79 Å². The molecule has 2 aliphatic rings. The third kappa shape index (κ3) is 2.44. The van der Waals surface area contributed by atoms with E-state index in [1.807, 2.05) is 0 Å². The molecule has 1 aromatic rings. The van der Waals surface area contributed by atoms with Crippen LogP contribution in [0.4, 0.5) is 5.69 Å². The summed E-state index contributed by atoms with van der Waals surface area (Å²) in [5.41, 5.74) is 7.32. The van der Waals surface area contributed by atoms with Crippen molar-refractivity contribution in [2.75, 3.05) is 12.3 Å². The van der Waals surface area contributed by atoms with Crippen molar-refractivity contribution in [2.24, 2.45) is 17.8 Å². The molecule has 4 heteroatoms. The van der Waals surface area contributed by atoms with Crippen molar-refractivity contribution < 1.29 is 9.53 Å². The predicted molar refractivity (Wildman–Crippen MR) is 72.6 cm³/mol. The first-order chi connectivity index (χ1) is 9.13. The lowest BCUT2D eigenvalue weighted by atomic mass is 9.89. The number of carbonyl (C=O) groups is 1. The van der Waals surface area contributed by atoms with Gasteiger partial charge in [0.05, 0.1) is 29.7 Å². The molecule has 1 heterocycles. The molecule has 2 saturated carbocycles. The van der Waals surface area contributed by atoms with Crippen LogP contribution in [0.2, 0.25) is 0 Å². The topological polar surface area (TPSA) is 65.2 Å². The van der Waals surface area contributed by atoms with Gasteiger partial charge in [-0.05, 0) is 50.0 Å². The average Bonchev–Trinajstić information content (AvgIpc) is 3.01. The van der Waals surface area contributed by atoms with E-state index in [0.29, 0.717) is 29.5 Å². The van der Waals surface area contributed by atoms with E-state index < -0.39 is 0 Å². The van der Waals surface area contributed by atoms with E-state index in [-0.39, 0.29) is 5.97 Å². The third-order valence-corrected chi connectivity index (χ3v) is 4.64. The van der Waals surface area contributed by atoms with Gasteiger partial charge in [-0.2, -0.15) is 0 Å². The van der Waals surface area contributed by atoms with Crippen LogP contribution in [0, 0.1) is 24.7 Å². The van der Waals surface area contributed by atoms with Gasteiger partial charge in [0.25, 0.3) is 0 Å². The summed E-state index contributed by atoms with van der Waals surface area (Å²) >= 11 is 0. The Morgan fingerprint density at radius 1 is 1.47 bits per heavy atom. The first kappa shape index (κ1) is 12.5. The van der Waals surface area contributed by atoms with Crippen LogP contribution in [-0.2, 0) is 4.74 Å². The number of anilines is 1.